The fraction of sp³-hybridized carbons (Fsp3) is 0.500. The smallest absolute Gasteiger partial charge is 0.111 e. The molecule has 0 saturated carbocycles. The summed E-state index contributed by atoms with van der Waals surface area (Å²) in [6, 6.07) is 0. The van der Waals surface area contributed by atoms with Gasteiger partial charge in [0.15, 0.2) is 0 Å². The first kappa shape index (κ1) is 7.83. The molecule has 0 spiro atoms. The van der Waals surface area contributed by atoms with E-state index >= 15 is 0 Å². The third-order valence-corrected chi connectivity index (χ3v) is 2.91. The summed E-state index contributed by atoms with van der Waals surface area (Å²) in [7, 11) is 0. The van der Waals surface area contributed by atoms with Gasteiger partial charge in [0.25, 0.3) is 0 Å². The molecule has 0 amide bonds. The molecule has 0 aliphatic carbocycles. The highest BCUT2D eigenvalue weighted by Crippen LogP contribution is 2.35. The summed E-state index contributed by atoms with van der Waals surface area (Å²) >= 11 is 7.16. The average molecular weight is 447 g/mol. The Bertz CT molecular complexity index is 120. The van der Waals surface area contributed by atoms with Gasteiger partial charge in [0, 0.05) is 6.20 Å². The lowest BCUT2D eigenvalue weighted by Crippen LogP contribution is -2.14. The first-order valence-electron chi connectivity index (χ1n) is 2.10. The Labute approximate surface area is 90.0 Å². The second kappa shape index (κ2) is 2.77. The monoisotopic (exact) mass is 447 g/mol. The van der Waals surface area contributed by atoms with Gasteiger partial charge in [-0.3, -0.25) is 0 Å². The van der Waals surface area contributed by atoms with E-state index in [1.54, 1.807) is 0 Å². The molecular weight excluding hydrogens is 443 g/mol. The topological polar surface area (TPSA) is 3.24 Å². The van der Waals surface area contributed by atoms with Gasteiger partial charge in [0.05, 0.1) is 29.4 Å². The van der Waals surface area contributed by atoms with E-state index in [0.29, 0.717) is 1.43 Å². The second-order valence-electron chi connectivity index (χ2n) is 1.63. The highest BCUT2D eigenvalue weighted by molar-refractivity contribution is 14.2. The van der Waals surface area contributed by atoms with E-state index in [2.05, 4.69) is 83.4 Å². The van der Waals surface area contributed by atoms with Crippen molar-refractivity contribution in [2.45, 2.75) is 1.43 Å². The third kappa shape index (κ3) is 2.16. The van der Waals surface area contributed by atoms with E-state index in [1.165, 1.54) is 0 Å². The maximum absolute atomic E-state index is 2.43. The molecule has 0 radical (unpaired) electrons. The van der Waals surface area contributed by atoms with E-state index in [4.69, 9.17) is 0 Å². The highest BCUT2D eigenvalue weighted by atomic mass is 127. The van der Waals surface area contributed by atoms with Crippen LogP contribution in [0.15, 0.2) is 12.3 Å². The lowest BCUT2D eigenvalue weighted by molar-refractivity contribution is 0.727. The van der Waals surface area contributed by atoms with Crippen molar-refractivity contribution >= 4 is 68.0 Å². The summed E-state index contributed by atoms with van der Waals surface area (Å²) in [5, 5.41) is 0. The zero-order valence-corrected chi connectivity index (χ0v) is 10.4. The SMILES string of the molecule is IN1C=CC(I)(I)C1. The third-order valence-electron chi connectivity index (χ3n) is 0.842. The maximum Gasteiger partial charge on any atom is 0.111 e. The van der Waals surface area contributed by atoms with Crippen LogP contribution in [0.4, 0.5) is 0 Å². The van der Waals surface area contributed by atoms with Crippen molar-refractivity contribution in [3.8, 4) is 0 Å². The van der Waals surface area contributed by atoms with E-state index in [-0.39, 0.29) is 0 Å². The predicted octanol–water partition coefficient (Wildman–Crippen LogP) is 2.73. The van der Waals surface area contributed by atoms with Crippen molar-refractivity contribution in [3.63, 3.8) is 0 Å². The number of hydrogen-bond acceptors (Lipinski definition) is 1. The molecule has 0 unspecified atom stereocenters. The van der Waals surface area contributed by atoms with Crippen LogP contribution in [0, 0.1) is 0 Å². The van der Waals surface area contributed by atoms with E-state index in [0.717, 1.165) is 6.54 Å². The van der Waals surface area contributed by atoms with Crippen LogP contribution in [0.5, 0.6) is 0 Å². The molecular formula is C4H4I3N. The molecule has 4 heteroatoms. The van der Waals surface area contributed by atoms with Crippen LogP contribution in [-0.4, -0.2) is 11.1 Å². The summed E-state index contributed by atoms with van der Waals surface area (Å²) in [4.78, 5) is 0. The minimum absolute atomic E-state index is 0.344. The lowest BCUT2D eigenvalue weighted by atomic mass is 10.5. The zero-order valence-electron chi connectivity index (χ0n) is 3.94. The van der Waals surface area contributed by atoms with Gasteiger partial charge >= 0.3 is 0 Å². The first-order valence-corrected chi connectivity index (χ1v) is 5.22. The Hall–Kier alpha value is 1.73. The molecule has 46 valence electrons. The summed E-state index contributed by atoms with van der Waals surface area (Å²) < 4.78 is 2.51. The molecule has 0 atom stereocenters. The van der Waals surface area contributed by atoms with Crippen molar-refractivity contribution in [1.82, 2.24) is 3.11 Å². The fourth-order valence-corrected chi connectivity index (χ4v) is 3.56. The van der Waals surface area contributed by atoms with Gasteiger partial charge in [-0.2, -0.15) is 0 Å². The quantitative estimate of drug-likeness (QED) is 0.314. The van der Waals surface area contributed by atoms with Gasteiger partial charge in [-0.05, 0) is 6.08 Å². The number of hydrogen-bond donors (Lipinski definition) is 0. The van der Waals surface area contributed by atoms with Crippen LogP contribution in [0.25, 0.3) is 0 Å². The van der Waals surface area contributed by atoms with Crippen LogP contribution in [-0.2, 0) is 0 Å². The van der Waals surface area contributed by atoms with Gasteiger partial charge in [-0.1, -0.05) is 45.2 Å². The van der Waals surface area contributed by atoms with Crippen molar-refractivity contribution in [3.05, 3.63) is 12.3 Å². The van der Waals surface area contributed by atoms with Crippen LogP contribution < -0.4 is 0 Å². The summed E-state index contributed by atoms with van der Waals surface area (Å²) in [6.07, 6.45) is 4.32. The Balaban J connectivity index is 2.58. The molecule has 0 N–H and O–H groups in total. The number of alkyl halides is 2. The molecule has 1 rings (SSSR count). The fourth-order valence-electron chi connectivity index (χ4n) is 0.497. The van der Waals surface area contributed by atoms with Gasteiger partial charge in [0.1, 0.15) is 1.43 Å². The molecule has 0 aromatic rings. The van der Waals surface area contributed by atoms with Crippen LogP contribution >= 0.6 is 68.0 Å². The van der Waals surface area contributed by atoms with Crippen molar-refractivity contribution in [2.24, 2.45) is 0 Å². The summed E-state index contributed by atoms with van der Waals surface area (Å²) in [6.45, 7) is 1.12. The highest BCUT2D eigenvalue weighted by Gasteiger charge is 2.25. The summed E-state index contributed by atoms with van der Waals surface area (Å²) in [5.41, 5.74) is 0. The van der Waals surface area contributed by atoms with Crippen molar-refractivity contribution in [1.29, 1.82) is 0 Å². The van der Waals surface area contributed by atoms with Gasteiger partial charge in [-0.25, -0.2) is 0 Å². The number of nitrogens with zero attached hydrogens (tertiary/aromatic N) is 1. The predicted molar refractivity (Wildman–Crippen MR) is 60.6 cm³/mol. The maximum atomic E-state index is 2.43. The Morgan fingerprint density at radius 2 is 2.12 bits per heavy atom. The normalized spacial score (nSPS) is 24.6. The van der Waals surface area contributed by atoms with E-state index in [1.807, 2.05) is 0 Å². The Morgan fingerprint density at radius 1 is 1.50 bits per heavy atom. The first-order chi connectivity index (χ1) is 3.60. The molecule has 0 bridgehead atoms. The molecule has 1 aliphatic heterocycles. The standard InChI is InChI=1S/C4H4I3N/c5-4(6)1-2-8(7)3-4/h1-2H,3H2. The molecule has 0 aromatic carbocycles. The molecule has 1 nitrogen and oxygen atoms in total. The zero-order chi connectivity index (χ0) is 6.20. The van der Waals surface area contributed by atoms with Crippen molar-refractivity contribution in [2.75, 3.05) is 6.54 Å². The molecule has 0 fully saturated rings. The van der Waals surface area contributed by atoms with E-state index < -0.39 is 0 Å². The minimum Gasteiger partial charge on any atom is -0.319 e. The van der Waals surface area contributed by atoms with Crippen LogP contribution in [0.3, 0.4) is 0 Å². The average Bonchev–Trinajstić information content (AvgIpc) is 1.82. The Morgan fingerprint density at radius 3 is 2.25 bits per heavy atom. The van der Waals surface area contributed by atoms with Gasteiger partial charge in [-0.15, -0.1) is 0 Å². The molecule has 0 aromatic heterocycles. The van der Waals surface area contributed by atoms with Gasteiger partial charge in [0.2, 0.25) is 0 Å². The van der Waals surface area contributed by atoms with E-state index in [9.17, 15) is 0 Å². The minimum atomic E-state index is 0.344. The molecule has 1 heterocycles. The largest absolute Gasteiger partial charge is 0.319 e. The number of halogens is 3. The summed E-state index contributed by atoms with van der Waals surface area (Å²) in [5.74, 6) is 0. The van der Waals surface area contributed by atoms with Crippen LogP contribution in [0.2, 0.25) is 0 Å². The molecule has 8 heavy (non-hydrogen) atoms. The number of rotatable bonds is 0. The Kier molecular flexibility index (Phi) is 2.71. The second-order valence-corrected chi connectivity index (χ2v) is 8.79. The lowest BCUT2D eigenvalue weighted by Gasteiger charge is -2.11. The molecule has 1 aliphatic rings. The van der Waals surface area contributed by atoms with Crippen molar-refractivity contribution < 1.29 is 0 Å². The molecule has 0 saturated heterocycles. The van der Waals surface area contributed by atoms with Crippen LogP contribution in [0.1, 0.15) is 0 Å². The van der Waals surface area contributed by atoms with Gasteiger partial charge < -0.3 is 3.11 Å².